The van der Waals surface area contributed by atoms with Gasteiger partial charge in [0.2, 0.25) is 10.0 Å². The van der Waals surface area contributed by atoms with Crippen LogP contribution in [0.2, 0.25) is 0 Å². The van der Waals surface area contributed by atoms with Crippen LogP contribution in [0.3, 0.4) is 0 Å². The van der Waals surface area contributed by atoms with Crippen LogP contribution in [0.25, 0.3) is 0 Å². The summed E-state index contributed by atoms with van der Waals surface area (Å²) in [6.45, 7) is 8.50. The molecule has 156 valence electrons. The van der Waals surface area contributed by atoms with Crippen molar-refractivity contribution in [2.45, 2.75) is 31.8 Å². The first kappa shape index (κ1) is 22.3. The molecule has 1 aromatic carbocycles. The predicted molar refractivity (Wildman–Crippen MR) is 108 cm³/mol. The summed E-state index contributed by atoms with van der Waals surface area (Å²) in [5, 5.41) is 6.91. The summed E-state index contributed by atoms with van der Waals surface area (Å²) in [7, 11) is -2.03. The molecule has 1 aromatic heterocycles. The second-order valence-electron chi connectivity index (χ2n) is 6.37. The normalized spacial score (nSPS) is 12.3. The minimum absolute atomic E-state index is 0.0138. The van der Waals surface area contributed by atoms with E-state index in [1.165, 1.54) is 37.3 Å². The molecule has 2 aromatic rings. The highest BCUT2D eigenvalue weighted by Crippen LogP contribution is 2.19. The quantitative estimate of drug-likeness (QED) is 0.495. The first-order valence-electron chi connectivity index (χ1n) is 8.79. The topological polar surface area (TPSA) is 119 Å². The maximum Gasteiger partial charge on any atom is 0.338 e. The number of amides is 1. The second kappa shape index (κ2) is 9.01. The van der Waals surface area contributed by atoms with Crippen molar-refractivity contribution in [2.75, 3.05) is 11.9 Å². The van der Waals surface area contributed by atoms with Gasteiger partial charge in [-0.05, 0) is 39.0 Å². The summed E-state index contributed by atoms with van der Waals surface area (Å²) < 4.78 is 33.5. The van der Waals surface area contributed by atoms with Crippen LogP contribution in [0.1, 0.15) is 28.7 Å². The fraction of sp³-hybridized carbons (Fsp3) is 0.316. The number of benzene rings is 1. The van der Waals surface area contributed by atoms with Crippen LogP contribution < -0.4 is 10.0 Å². The number of nitrogens with zero attached hydrogens (tertiary/aromatic N) is 2. The van der Waals surface area contributed by atoms with E-state index in [0.29, 0.717) is 11.4 Å². The van der Waals surface area contributed by atoms with Crippen LogP contribution >= 0.6 is 0 Å². The molecule has 1 atom stereocenters. The van der Waals surface area contributed by atoms with Crippen molar-refractivity contribution in [1.29, 1.82) is 0 Å². The predicted octanol–water partition coefficient (Wildman–Crippen LogP) is 1.69. The minimum Gasteiger partial charge on any atom is -0.449 e. The molecule has 0 saturated carbocycles. The Hall–Kier alpha value is -2.98. The Morgan fingerprint density at radius 3 is 2.62 bits per heavy atom. The second-order valence-corrected chi connectivity index (χ2v) is 8.14. The molecule has 1 amide bonds. The summed E-state index contributed by atoms with van der Waals surface area (Å²) in [6, 6.07) is 5.38. The van der Waals surface area contributed by atoms with Crippen molar-refractivity contribution in [1.82, 2.24) is 14.5 Å². The zero-order chi connectivity index (χ0) is 21.8. The van der Waals surface area contributed by atoms with Crippen molar-refractivity contribution in [3.05, 3.63) is 53.9 Å². The summed E-state index contributed by atoms with van der Waals surface area (Å²) in [5.74, 6) is -1.33. The van der Waals surface area contributed by atoms with Gasteiger partial charge in [0, 0.05) is 13.6 Å². The van der Waals surface area contributed by atoms with Gasteiger partial charge < -0.3 is 10.1 Å². The van der Waals surface area contributed by atoms with E-state index in [2.05, 4.69) is 21.7 Å². The molecular formula is C19H24N4O5S. The number of aromatic nitrogens is 2. The van der Waals surface area contributed by atoms with Crippen LogP contribution in [-0.2, 0) is 26.6 Å². The molecule has 0 spiro atoms. The van der Waals surface area contributed by atoms with Crippen molar-refractivity contribution >= 4 is 27.6 Å². The maximum absolute atomic E-state index is 12.4. The van der Waals surface area contributed by atoms with Crippen molar-refractivity contribution < 1.29 is 22.7 Å². The molecule has 29 heavy (non-hydrogen) atoms. The number of esters is 1. The van der Waals surface area contributed by atoms with Gasteiger partial charge in [0.25, 0.3) is 5.91 Å². The third-order valence-electron chi connectivity index (χ3n) is 4.21. The Labute approximate surface area is 169 Å². The molecule has 2 N–H and O–H groups in total. The number of anilines is 1. The van der Waals surface area contributed by atoms with Crippen molar-refractivity contribution in [2.24, 2.45) is 7.05 Å². The largest absolute Gasteiger partial charge is 0.449 e. The number of hydrogen-bond donors (Lipinski definition) is 2. The van der Waals surface area contributed by atoms with Gasteiger partial charge in [0.15, 0.2) is 6.10 Å². The van der Waals surface area contributed by atoms with Crippen LogP contribution in [-0.4, -0.2) is 42.7 Å². The standard InChI is InChI=1S/C19H24N4O5S/c1-6-10-20-29(26,27)16-9-7-8-15(11-16)19(25)28-14(4)18(24)21-17-12(2)22-23(5)13(17)3/h6-9,11,14,20H,1,10H2,2-5H3,(H,21,24)/t14-/m1/s1. The molecule has 10 heteroatoms. The zero-order valence-corrected chi connectivity index (χ0v) is 17.5. The van der Waals surface area contributed by atoms with Crippen molar-refractivity contribution in [3.8, 4) is 0 Å². The maximum atomic E-state index is 12.4. The molecule has 0 aliphatic carbocycles. The lowest BCUT2D eigenvalue weighted by atomic mass is 10.2. The third-order valence-corrected chi connectivity index (χ3v) is 5.63. The number of carbonyl (C=O) groups excluding carboxylic acids is 2. The first-order chi connectivity index (χ1) is 13.6. The van der Waals surface area contributed by atoms with Gasteiger partial charge in [-0.3, -0.25) is 9.48 Å². The Bertz CT molecular complexity index is 1040. The van der Waals surface area contributed by atoms with E-state index >= 15 is 0 Å². The van der Waals surface area contributed by atoms with Gasteiger partial charge in [0.1, 0.15) is 0 Å². The molecule has 1 heterocycles. The molecular weight excluding hydrogens is 396 g/mol. The Kier molecular flexibility index (Phi) is 6.93. The number of hydrogen-bond acceptors (Lipinski definition) is 6. The highest BCUT2D eigenvalue weighted by Gasteiger charge is 2.23. The molecule has 0 radical (unpaired) electrons. The molecule has 2 rings (SSSR count). The molecule has 0 aliphatic rings. The molecule has 0 fully saturated rings. The smallest absolute Gasteiger partial charge is 0.338 e. The van der Waals surface area contributed by atoms with Crippen LogP contribution in [0.15, 0.2) is 41.8 Å². The van der Waals surface area contributed by atoms with Gasteiger partial charge in [-0.15, -0.1) is 6.58 Å². The van der Waals surface area contributed by atoms with Gasteiger partial charge in [-0.1, -0.05) is 12.1 Å². The van der Waals surface area contributed by atoms with E-state index in [0.717, 1.165) is 5.69 Å². The van der Waals surface area contributed by atoms with Gasteiger partial charge in [-0.2, -0.15) is 5.10 Å². The van der Waals surface area contributed by atoms with E-state index < -0.39 is 28.0 Å². The Balaban J connectivity index is 2.10. The lowest BCUT2D eigenvalue weighted by molar-refractivity contribution is -0.123. The molecule has 0 aliphatic heterocycles. The lowest BCUT2D eigenvalue weighted by Crippen LogP contribution is -2.30. The average molecular weight is 420 g/mol. The van der Waals surface area contributed by atoms with E-state index in [1.807, 2.05) is 0 Å². The van der Waals surface area contributed by atoms with E-state index in [-0.39, 0.29) is 17.0 Å². The van der Waals surface area contributed by atoms with E-state index in [9.17, 15) is 18.0 Å². The summed E-state index contributed by atoms with van der Waals surface area (Å²) >= 11 is 0. The number of sulfonamides is 1. The lowest BCUT2D eigenvalue weighted by Gasteiger charge is -2.14. The molecule has 0 unspecified atom stereocenters. The monoisotopic (exact) mass is 420 g/mol. The SMILES string of the molecule is C=CCNS(=O)(=O)c1cccc(C(=O)O[C@H](C)C(=O)Nc2c(C)nn(C)c2C)c1. The average Bonchev–Trinajstić information content (AvgIpc) is 2.92. The summed E-state index contributed by atoms with van der Waals surface area (Å²) in [5.41, 5.74) is 1.97. The van der Waals surface area contributed by atoms with E-state index in [4.69, 9.17) is 4.74 Å². The third kappa shape index (κ3) is 5.30. The number of rotatable bonds is 8. The van der Waals surface area contributed by atoms with Crippen LogP contribution in [0.4, 0.5) is 5.69 Å². The van der Waals surface area contributed by atoms with Crippen LogP contribution in [0.5, 0.6) is 0 Å². The van der Waals surface area contributed by atoms with Gasteiger partial charge in [-0.25, -0.2) is 17.9 Å². The summed E-state index contributed by atoms with van der Waals surface area (Å²) in [4.78, 5) is 24.7. The fourth-order valence-electron chi connectivity index (χ4n) is 2.50. The highest BCUT2D eigenvalue weighted by molar-refractivity contribution is 7.89. The number of nitrogens with one attached hydrogen (secondary N) is 2. The number of aryl methyl sites for hydroxylation is 2. The number of ether oxygens (including phenoxy) is 1. The van der Waals surface area contributed by atoms with Crippen LogP contribution in [0, 0.1) is 13.8 Å². The Morgan fingerprint density at radius 1 is 1.34 bits per heavy atom. The fourth-order valence-corrected chi connectivity index (χ4v) is 3.55. The Morgan fingerprint density at radius 2 is 2.03 bits per heavy atom. The first-order valence-corrected chi connectivity index (χ1v) is 10.3. The zero-order valence-electron chi connectivity index (χ0n) is 16.7. The summed E-state index contributed by atoms with van der Waals surface area (Å²) in [6.07, 6.45) is 0.308. The van der Waals surface area contributed by atoms with E-state index in [1.54, 1.807) is 25.6 Å². The van der Waals surface area contributed by atoms with Gasteiger partial charge in [0.05, 0.1) is 27.5 Å². The molecule has 0 bridgehead atoms. The molecule has 9 nitrogen and oxygen atoms in total. The van der Waals surface area contributed by atoms with Gasteiger partial charge >= 0.3 is 5.97 Å². The minimum atomic E-state index is -3.79. The highest BCUT2D eigenvalue weighted by atomic mass is 32.2. The molecule has 0 saturated heterocycles. The van der Waals surface area contributed by atoms with Crippen molar-refractivity contribution in [3.63, 3.8) is 0 Å². The number of carbonyl (C=O) groups is 2.